The Hall–Kier alpha value is -2.85. The van der Waals surface area contributed by atoms with E-state index in [1.807, 2.05) is 0 Å². The van der Waals surface area contributed by atoms with E-state index in [1.54, 1.807) is 4.90 Å². The van der Waals surface area contributed by atoms with Crippen LogP contribution in [0.2, 0.25) is 0 Å². The lowest BCUT2D eigenvalue weighted by atomic mass is 10.2. The van der Waals surface area contributed by atoms with Crippen LogP contribution in [0.1, 0.15) is 24.0 Å². The quantitative estimate of drug-likeness (QED) is 0.782. The maximum absolute atomic E-state index is 12.7. The summed E-state index contributed by atoms with van der Waals surface area (Å²) in [7, 11) is 0. The van der Waals surface area contributed by atoms with E-state index in [-0.39, 0.29) is 11.6 Å². The van der Waals surface area contributed by atoms with Gasteiger partial charge >= 0.3 is 12.4 Å². The highest BCUT2D eigenvalue weighted by molar-refractivity contribution is 5.96. The van der Waals surface area contributed by atoms with Crippen molar-refractivity contribution < 1.29 is 31.1 Å². The second-order valence-corrected chi connectivity index (χ2v) is 6.17. The number of aromatic nitrogens is 2. The molecule has 11 heteroatoms. The molecule has 0 aliphatic carbocycles. The third kappa shape index (κ3) is 4.34. The van der Waals surface area contributed by atoms with Crippen LogP contribution in [-0.2, 0) is 17.1 Å². The van der Waals surface area contributed by atoms with Gasteiger partial charge in [0.15, 0.2) is 0 Å². The minimum absolute atomic E-state index is 0.0507. The van der Waals surface area contributed by atoms with Gasteiger partial charge in [0, 0.05) is 18.9 Å². The molecule has 1 aliphatic heterocycles. The Bertz CT molecular complexity index is 833. The molecular formula is C17H14F6N4O. The predicted molar refractivity (Wildman–Crippen MR) is 87.5 cm³/mol. The fourth-order valence-electron chi connectivity index (χ4n) is 2.88. The second kappa shape index (κ2) is 7.28. The van der Waals surface area contributed by atoms with Crippen LogP contribution in [0.3, 0.4) is 0 Å². The molecule has 0 saturated carbocycles. The standard InChI is InChI=1S/C17H14F6N4O/c18-16(19,20)10-3-5-13(24-8-10)26-15(28)12-2-1-7-27(12)14-6-4-11(9-25-14)17(21,22)23/h3-6,8-9,12H,1-2,7H2,(H,24,26,28)/t12-/m0/s1. The highest BCUT2D eigenvalue weighted by Crippen LogP contribution is 2.31. The van der Waals surface area contributed by atoms with Gasteiger partial charge in [-0.1, -0.05) is 0 Å². The molecule has 0 aromatic carbocycles. The number of carbonyl (C=O) groups is 1. The number of nitrogens with one attached hydrogen (secondary N) is 1. The maximum Gasteiger partial charge on any atom is 0.417 e. The normalized spacial score (nSPS) is 17.6. The van der Waals surface area contributed by atoms with E-state index in [9.17, 15) is 31.1 Å². The van der Waals surface area contributed by atoms with Crippen molar-refractivity contribution in [3.8, 4) is 0 Å². The molecule has 2 aromatic rings. The third-order valence-electron chi connectivity index (χ3n) is 4.27. The van der Waals surface area contributed by atoms with Crippen LogP contribution in [-0.4, -0.2) is 28.5 Å². The van der Waals surface area contributed by atoms with Crippen LogP contribution >= 0.6 is 0 Å². The first-order chi connectivity index (χ1) is 13.1. The molecule has 0 unspecified atom stereocenters. The van der Waals surface area contributed by atoms with Gasteiger partial charge in [0.25, 0.3) is 0 Å². The van der Waals surface area contributed by atoms with Crippen molar-refractivity contribution in [2.24, 2.45) is 0 Å². The smallest absolute Gasteiger partial charge is 0.345 e. The molecule has 1 aliphatic rings. The van der Waals surface area contributed by atoms with E-state index in [2.05, 4.69) is 15.3 Å². The molecule has 1 atom stereocenters. The second-order valence-electron chi connectivity index (χ2n) is 6.17. The number of anilines is 2. The van der Waals surface area contributed by atoms with Crippen molar-refractivity contribution >= 4 is 17.5 Å². The number of rotatable bonds is 3. The Morgan fingerprint density at radius 2 is 1.57 bits per heavy atom. The summed E-state index contributed by atoms with van der Waals surface area (Å²) in [5, 5.41) is 2.43. The molecule has 28 heavy (non-hydrogen) atoms. The van der Waals surface area contributed by atoms with Crippen molar-refractivity contribution in [1.82, 2.24) is 9.97 Å². The topological polar surface area (TPSA) is 58.1 Å². The van der Waals surface area contributed by atoms with Gasteiger partial charge in [-0.25, -0.2) is 9.97 Å². The minimum Gasteiger partial charge on any atom is -0.345 e. The number of hydrogen-bond donors (Lipinski definition) is 1. The lowest BCUT2D eigenvalue weighted by molar-refractivity contribution is -0.138. The van der Waals surface area contributed by atoms with Crippen molar-refractivity contribution in [2.75, 3.05) is 16.8 Å². The molecule has 1 amide bonds. The lowest BCUT2D eigenvalue weighted by Gasteiger charge is -2.25. The predicted octanol–water partition coefficient (Wildman–Crippen LogP) is 4.12. The Morgan fingerprint density at radius 3 is 2.07 bits per heavy atom. The number of pyridine rings is 2. The molecule has 3 rings (SSSR count). The Morgan fingerprint density at radius 1 is 0.964 bits per heavy atom. The minimum atomic E-state index is -4.54. The van der Waals surface area contributed by atoms with Crippen LogP contribution in [0, 0.1) is 0 Å². The molecule has 150 valence electrons. The monoisotopic (exact) mass is 404 g/mol. The van der Waals surface area contributed by atoms with Crippen molar-refractivity contribution in [2.45, 2.75) is 31.2 Å². The number of halogens is 6. The lowest BCUT2D eigenvalue weighted by Crippen LogP contribution is -2.40. The number of nitrogens with zero attached hydrogens (tertiary/aromatic N) is 3. The Balaban J connectivity index is 1.71. The summed E-state index contributed by atoms with van der Waals surface area (Å²) in [5.41, 5.74) is -1.84. The van der Waals surface area contributed by atoms with Gasteiger partial charge in [-0.2, -0.15) is 26.3 Å². The summed E-state index contributed by atoms with van der Waals surface area (Å²) < 4.78 is 75.6. The molecule has 0 bridgehead atoms. The third-order valence-corrected chi connectivity index (χ3v) is 4.27. The highest BCUT2D eigenvalue weighted by Gasteiger charge is 2.34. The molecule has 0 spiro atoms. The number of alkyl halides is 6. The number of amides is 1. The zero-order valence-electron chi connectivity index (χ0n) is 14.2. The number of carbonyl (C=O) groups excluding carboxylic acids is 1. The molecule has 2 aromatic heterocycles. The SMILES string of the molecule is O=C(Nc1ccc(C(F)(F)F)cn1)[C@@H]1CCCN1c1ccc(C(F)(F)F)cn1. The van der Waals surface area contributed by atoms with Crippen LogP contribution in [0.15, 0.2) is 36.7 Å². The first-order valence-corrected chi connectivity index (χ1v) is 8.20. The summed E-state index contributed by atoms with van der Waals surface area (Å²) in [6.07, 6.45) is -6.70. The summed E-state index contributed by atoms with van der Waals surface area (Å²) in [4.78, 5) is 21.4. The average molecular weight is 404 g/mol. The molecule has 1 saturated heterocycles. The molecular weight excluding hydrogens is 390 g/mol. The van der Waals surface area contributed by atoms with Gasteiger partial charge in [-0.3, -0.25) is 4.79 Å². The maximum atomic E-state index is 12.7. The van der Waals surface area contributed by atoms with Crippen molar-refractivity contribution in [1.29, 1.82) is 0 Å². The summed E-state index contributed by atoms with van der Waals surface area (Å²) in [6.45, 7) is 0.414. The van der Waals surface area contributed by atoms with Crippen LogP contribution in [0.25, 0.3) is 0 Å². The van der Waals surface area contributed by atoms with Gasteiger partial charge in [0.2, 0.25) is 5.91 Å². The number of hydrogen-bond acceptors (Lipinski definition) is 4. The molecule has 3 heterocycles. The van der Waals surface area contributed by atoms with E-state index >= 15 is 0 Å². The fraction of sp³-hybridized carbons (Fsp3) is 0.353. The molecule has 0 radical (unpaired) electrons. The first kappa shape index (κ1) is 19.9. The van der Waals surface area contributed by atoms with Crippen molar-refractivity contribution in [3.05, 3.63) is 47.8 Å². The van der Waals surface area contributed by atoms with E-state index in [0.29, 0.717) is 31.8 Å². The largest absolute Gasteiger partial charge is 0.417 e. The summed E-state index contributed by atoms with van der Waals surface area (Å²) in [5.74, 6) is -0.359. The van der Waals surface area contributed by atoms with E-state index in [0.717, 1.165) is 18.2 Å². The van der Waals surface area contributed by atoms with E-state index in [1.165, 1.54) is 6.07 Å². The van der Waals surface area contributed by atoms with Gasteiger partial charge < -0.3 is 10.2 Å². The van der Waals surface area contributed by atoms with Gasteiger partial charge in [-0.15, -0.1) is 0 Å². The van der Waals surface area contributed by atoms with Gasteiger partial charge in [-0.05, 0) is 37.1 Å². The Kier molecular flexibility index (Phi) is 5.18. The van der Waals surface area contributed by atoms with Crippen molar-refractivity contribution in [3.63, 3.8) is 0 Å². The van der Waals surface area contributed by atoms with E-state index in [4.69, 9.17) is 0 Å². The van der Waals surface area contributed by atoms with Crippen LogP contribution in [0.4, 0.5) is 38.0 Å². The zero-order chi connectivity index (χ0) is 20.5. The summed E-state index contributed by atoms with van der Waals surface area (Å²) >= 11 is 0. The molecule has 5 nitrogen and oxygen atoms in total. The Labute approximate surface area is 155 Å². The van der Waals surface area contributed by atoms with Gasteiger partial charge in [0.05, 0.1) is 11.1 Å². The van der Waals surface area contributed by atoms with Crippen LogP contribution in [0.5, 0.6) is 0 Å². The molecule has 1 fully saturated rings. The van der Waals surface area contributed by atoms with E-state index < -0.39 is 35.4 Å². The summed E-state index contributed by atoms with van der Waals surface area (Å²) in [6, 6.07) is 3.19. The zero-order valence-corrected chi connectivity index (χ0v) is 14.2. The van der Waals surface area contributed by atoms with Gasteiger partial charge in [0.1, 0.15) is 17.7 Å². The van der Waals surface area contributed by atoms with Crippen LogP contribution < -0.4 is 10.2 Å². The fourth-order valence-corrected chi connectivity index (χ4v) is 2.88. The average Bonchev–Trinajstić information content (AvgIpc) is 3.10. The highest BCUT2D eigenvalue weighted by atomic mass is 19.4. The first-order valence-electron chi connectivity index (χ1n) is 8.20. The molecule has 1 N–H and O–H groups in total.